The van der Waals surface area contributed by atoms with Gasteiger partial charge in [-0.05, 0) is 20.8 Å². The first-order valence-electron chi connectivity index (χ1n) is 6.02. The van der Waals surface area contributed by atoms with Gasteiger partial charge in [0, 0.05) is 6.20 Å². The zero-order chi connectivity index (χ0) is 13.2. The van der Waals surface area contributed by atoms with Crippen molar-refractivity contribution in [3.63, 3.8) is 0 Å². The van der Waals surface area contributed by atoms with Crippen molar-refractivity contribution in [2.24, 2.45) is 0 Å². The molecule has 1 atom stereocenters. The molecule has 1 amide bonds. The Morgan fingerprint density at radius 3 is 2.83 bits per heavy atom. The lowest BCUT2D eigenvalue weighted by Crippen LogP contribution is -2.39. The van der Waals surface area contributed by atoms with E-state index in [0.29, 0.717) is 25.5 Å². The van der Waals surface area contributed by atoms with Gasteiger partial charge in [0.2, 0.25) is 0 Å². The van der Waals surface area contributed by atoms with Crippen LogP contribution in [0.5, 0.6) is 0 Å². The molecule has 6 heteroatoms. The van der Waals surface area contributed by atoms with E-state index < -0.39 is 6.10 Å². The van der Waals surface area contributed by atoms with Gasteiger partial charge in [-0.3, -0.25) is 9.48 Å². The van der Waals surface area contributed by atoms with E-state index in [9.17, 15) is 4.79 Å². The summed E-state index contributed by atoms with van der Waals surface area (Å²) in [6, 6.07) is 0. The molecule has 0 saturated carbocycles. The number of carbonyl (C=O) groups is 1. The molecule has 0 radical (unpaired) electrons. The van der Waals surface area contributed by atoms with E-state index in [2.05, 4.69) is 10.4 Å². The number of nitrogens with one attached hydrogen (secondary N) is 1. The zero-order valence-electron chi connectivity index (χ0n) is 11.0. The van der Waals surface area contributed by atoms with Crippen molar-refractivity contribution in [2.75, 3.05) is 25.1 Å². The molecule has 0 spiro atoms. The van der Waals surface area contributed by atoms with Gasteiger partial charge in [0.15, 0.2) is 6.10 Å². The lowest BCUT2D eigenvalue weighted by molar-refractivity contribution is -0.142. The first-order chi connectivity index (χ1) is 8.47. The minimum absolute atomic E-state index is 0.104. The van der Waals surface area contributed by atoms with Crippen LogP contribution >= 0.6 is 0 Å². The second-order valence-corrected chi connectivity index (χ2v) is 5.27. The van der Waals surface area contributed by atoms with Crippen LogP contribution in [0.15, 0.2) is 12.4 Å². The molecule has 1 unspecified atom stereocenters. The van der Waals surface area contributed by atoms with E-state index in [4.69, 9.17) is 9.47 Å². The van der Waals surface area contributed by atoms with Crippen LogP contribution < -0.4 is 5.32 Å². The highest BCUT2D eigenvalue weighted by molar-refractivity contribution is 5.94. The normalized spacial score (nSPS) is 20.7. The number of hydrogen-bond acceptors (Lipinski definition) is 4. The Balaban J connectivity index is 1.96. The SMILES string of the molecule is CC(C)(C)n1cc(NC(=O)C2COCCO2)cn1. The van der Waals surface area contributed by atoms with Crippen molar-refractivity contribution in [3.05, 3.63) is 12.4 Å². The fourth-order valence-corrected chi connectivity index (χ4v) is 1.62. The predicted molar refractivity (Wildman–Crippen MR) is 66.4 cm³/mol. The minimum Gasteiger partial charge on any atom is -0.376 e. The van der Waals surface area contributed by atoms with Gasteiger partial charge < -0.3 is 14.8 Å². The highest BCUT2D eigenvalue weighted by atomic mass is 16.6. The highest BCUT2D eigenvalue weighted by Gasteiger charge is 2.23. The number of ether oxygens (including phenoxy) is 2. The van der Waals surface area contributed by atoms with Crippen molar-refractivity contribution in [2.45, 2.75) is 32.4 Å². The highest BCUT2D eigenvalue weighted by Crippen LogP contribution is 2.16. The quantitative estimate of drug-likeness (QED) is 0.853. The second-order valence-electron chi connectivity index (χ2n) is 5.27. The van der Waals surface area contributed by atoms with E-state index >= 15 is 0 Å². The smallest absolute Gasteiger partial charge is 0.256 e. The molecule has 1 saturated heterocycles. The molecule has 0 aromatic carbocycles. The first-order valence-corrected chi connectivity index (χ1v) is 6.02. The maximum Gasteiger partial charge on any atom is 0.256 e. The molecule has 0 bridgehead atoms. The molecule has 1 aromatic heterocycles. The molecule has 1 aliphatic rings. The van der Waals surface area contributed by atoms with E-state index in [0.717, 1.165) is 0 Å². The number of amides is 1. The van der Waals surface area contributed by atoms with E-state index in [-0.39, 0.29) is 11.4 Å². The molecule has 1 aromatic rings. The van der Waals surface area contributed by atoms with Gasteiger partial charge in [0.1, 0.15) is 0 Å². The van der Waals surface area contributed by atoms with Gasteiger partial charge >= 0.3 is 0 Å². The number of anilines is 1. The maximum absolute atomic E-state index is 11.9. The van der Waals surface area contributed by atoms with E-state index in [1.807, 2.05) is 27.0 Å². The lowest BCUT2D eigenvalue weighted by Gasteiger charge is -2.21. The molecule has 1 fully saturated rings. The Kier molecular flexibility index (Phi) is 3.68. The summed E-state index contributed by atoms with van der Waals surface area (Å²) < 4.78 is 12.3. The molecule has 18 heavy (non-hydrogen) atoms. The molecular formula is C12H19N3O3. The van der Waals surface area contributed by atoms with Gasteiger partial charge in [-0.15, -0.1) is 0 Å². The van der Waals surface area contributed by atoms with Crippen LogP contribution in [0.25, 0.3) is 0 Å². The summed E-state index contributed by atoms with van der Waals surface area (Å²) in [5.74, 6) is -0.192. The van der Waals surface area contributed by atoms with Crippen molar-refractivity contribution in [1.82, 2.24) is 9.78 Å². The van der Waals surface area contributed by atoms with Gasteiger partial charge in [-0.2, -0.15) is 5.10 Å². The molecule has 2 heterocycles. The Morgan fingerprint density at radius 1 is 1.50 bits per heavy atom. The van der Waals surface area contributed by atoms with Crippen LogP contribution in [0.3, 0.4) is 0 Å². The summed E-state index contributed by atoms with van der Waals surface area (Å²) in [6.07, 6.45) is 2.91. The zero-order valence-corrected chi connectivity index (χ0v) is 11.0. The number of aromatic nitrogens is 2. The number of carbonyl (C=O) groups excluding carboxylic acids is 1. The molecule has 100 valence electrons. The molecule has 1 aliphatic heterocycles. The van der Waals surface area contributed by atoms with Crippen molar-refractivity contribution >= 4 is 11.6 Å². The monoisotopic (exact) mass is 253 g/mol. The Bertz CT molecular complexity index is 416. The standard InChI is InChI=1S/C12H19N3O3/c1-12(2,3)15-7-9(6-13-15)14-11(16)10-8-17-4-5-18-10/h6-7,10H,4-5,8H2,1-3H3,(H,14,16). The summed E-state index contributed by atoms with van der Waals surface area (Å²) in [5.41, 5.74) is 0.567. The molecule has 6 nitrogen and oxygen atoms in total. The summed E-state index contributed by atoms with van der Waals surface area (Å²) in [5, 5.41) is 6.99. The molecule has 2 rings (SSSR count). The molecular weight excluding hydrogens is 234 g/mol. The topological polar surface area (TPSA) is 65.4 Å². The fourth-order valence-electron chi connectivity index (χ4n) is 1.62. The Hall–Kier alpha value is -1.40. The van der Waals surface area contributed by atoms with Crippen molar-refractivity contribution in [3.8, 4) is 0 Å². The fraction of sp³-hybridized carbons (Fsp3) is 0.667. The van der Waals surface area contributed by atoms with E-state index in [1.165, 1.54) is 0 Å². The van der Waals surface area contributed by atoms with Crippen molar-refractivity contribution in [1.29, 1.82) is 0 Å². The van der Waals surface area contributed by atoms with Gasteiger partial charge in [-0.25, -0.2) is 0 Å². The summed E-state index contributed by atoms with van der Waals surface area (Å²) in [7, 11) is 0. The molecule has 0 aliphatic carbocycles. The third-order valence-corrected chi connectivity index (χ3v) is 2.65. The minimum atomic E-state index is -0.531. The van der Waals surface area contributed by atoms with Gasteiger partial charge in [-0.1, -0.05) is 0 Å². The largest absolute Gasteiger partial charge is 0.376 e. The summed E-state index contributed by atoms with van der Waals surface area (Å²) >= 11 is 0. The number of hydrogen-bond donors (Lipinski definition) is 1. The summed E-state index contributed by atoms with van der Waals surface area (Å²) in [6.45, 7) is 7.45. The third-order valence-electron chi connectivity index (χ3n) is 2.65. The van der Waals surface area contributed by atoms with Crippen LogP contribution in [-0.4, -0.2) is 41.6 Å². The number of rotatable bonds is 2. The van der Waals surface area contributed by atoms with Crippen LogP contribution in [0.1, 0.15) is 20.8 Å². The Morgan fingerprint density at radius 2 is 2.28 bits per heavy atom. The van der Waals surface area contributed by atoms with Crippen LogP contribution in [0.2, 0.25) is 0 Å². The van der Waals surface area contributed by atoms with Crippen LogP contribution in [0, 0.1) is 0 Å². The average molecular weight is 253 g/mol. The van der Waals surface area contributed by atoms with Gasteiger partial charge in [0.25, 0.3) is 5.91 Å². The van der Waals surface area contributed by atoms with Crippen LogP contribution in [-0.2, 0) is 19.8 Å². The van der Waals surface area contributed by atoms with Crippen molar-refractivity contribution < 1.29 is 14.3 Å². The third kappa shape index (κ3) is 3.08. The number of nitrogens with zero attached hydrogens (tertiary/aromatic N) is 2. The first kappa shape index (κ1) is 13.0. The van der Waals surface area contributed by atoms with E-state index in [1.54, 1.807) is 10.9 Å². The molecule has 1 N–H and O–H groups in total. The average Bonchev–Trinajstić information content (AvgIpc) is 2.78. The second kappa shape index (κ2) is 5.07. The van der Waals surface area contributed by atoms with Gasteiger partial charge in [0.05, 0.1) is 37.2 Å². The summed E-state index contributed by atoms with van der Waals surface area (Å²) in [4.78, 5) is 11.9. The van der Waals surface area contributed by atoms with Crippen LogP contribution in [0.4, 0.5) is 5.69 Å². The maximum atomic E-state index is 11.9. The Labute approximate surface area is 106 Å². The predicted octanol–water partition coefficient (Wildman–Crippen LogP) is 0.992. The lowest BCUT2D eigenvalue weighted by atomic mass is 10.1.